The van der Waals surface area contributed by atoms with E-state index < -0.39 is 0 Å². The van der Waals surface area contributed by atoms with Crippen molar-refractivity contribution in [2.45, 2.75) is 34.6 Å². The topological polar surface area (TPSA) is 41.1 Å². The first-order valence-corrected chi connectivity index (χ1v) is 7.49. The summed E-state index contributed by atoms with van der Waals surface area (Å²) >= 11 is 0. The van der Waals surface area contributed by atoms with Crippen molar-refractivity contribution in [1.29, 1.82) is 0 Å². The summed E-state index contributed by atoms with van der Waals surface area (Å²) in [6, 6.07) is 8.28. The lowest BCUT2D eigenvalue weighted by Crippen LogP contribution is -2.23. The third-order valence-corrected chi connectivity index (χ3v) is 3.65. The maximum absolute atomic E-state index is 4.66. The van der Waals surface area contributed by atoms with Crippen LogP contribution in [0.15, 0.2) is 24.3 Å². The minimum atomic E-state index is 0.661. The summed E-state index contributed by atoms with van der Waals surface area (Å²) < 4.78 is 0. The molecule has 21 heavy (non-hydrogen) atoms. The molecule has 0 bridgehead atoms. The van der Waals surface area contributed by atoms with E-state index in [2.05, 4.69) is 66.1 Å². The van der Waals surface area contributed by atoms with Crippen molar-refractivity contribution in [3.8, 4) is 0 Å². The first-order valence-electron chi connectivity index (χ1n) is 7.49. The first-order chi connectivity index (χ1) is 10.0. The number of aryl methyl sites for hydroxylation is 3. The maximum atomic E-state index is 4.66. The molecule has 4 nitrogen and oxygen atoms in total. The van der Waals surface area contributed by atoms with Gasteiger partial charge in [0, 0.05) is 30.5 Å². The van der Waals surface area contributed by atoms with Crippen LogP contribution in [0, 0.1) is 20.8 Å². The highest BCUT2D eigenvalue weighted by molar-refractivity contribution is 5.63. The van der Waals surface area contributed by atoms with Gasteiger partial charge in [-0.15, -0.1) is 0 Å². The minimum Gasteiger partial charge on any atom is -0.357 e. The molecule has 0 amide bonds. The molecule has 0 radical (unpaired) electrons. The fraction of sp³-hybridized carbons (Fsp3) is 0.412. The lowest BCUT2D eigenvalue weighted by Gasteiger charge is -2.21. The van der Waals surface area contributed by atoms with Crippen molar-refractivity contribution in [2.75, 3.05) is 23.3 Å². The summed E-state index contributed by atoms with van der Waals surface area (Å²) in [4.78, 5) is 11.4. The van der Waals surface area contributed by atoms with Gasteiger partial charge in [0.05, 0.1) is 0 Å². The summed E-state index contributed by atoms with van der Waals surface area (Å²) in [6.45, 7) is 12.3. The van der Waals surface area contributed by atoms with Crippen LogP contribution in [0.1, 0.15) is 30.7 Å². The predicted octanol–water partition coefficient (Wildman–Crippen LogP) is 3.99. The van der Waals surface area contributed by atoms with E-state index in [9.17, 15) is 0 Å². The van der Waals surface area contributed by atoms with Crippen LogP contribution in [-0.4, -0.2) is 23.1 Å². The third kappa shape index (κ3) is 3.51. The second-order valence-electron chi connectivity index (χ2n) is 5.26. The van der Waals surface area contributed by atoms with Crippen LogP contribution >= 0.6 is 0 Å². The Hall–Kier alpha value is -2.10. The molecule has 0 fully saturated rings. The van der Waals surface area contributed by atoms with Gasteiger partial charge in [-0.2, -0.15) is 4.98 Å². The zero-order valence-corrected chi connectivity index (χ0v) is 13.6. The number of nitrogens with zero attached hydrogens (tertiary/aromatic N) is 3. The molecule has 0 aliphatic carbocycles. The predicted molar refractivity (Wildman–Crippen MR) is 89.5 cm³/mol. The zero-order chi connectivity index (χ0) is 15.4. The van der Waals surface area contributed by atoms with Crippen LogP contribution < -0.4 is 10.2 Å². The third-order valence-electron chi connectivity index (χ3n) is 3.65. The van der Waals surface area contributed by atoms with Crippen LogP contribution in [0.3, 0.4) is 0 Å². The highest BCUT2D eigenvalue weighted by Gasteiger charge is 2.09. The summed E-state index contributed by atoms with van der Waals surface area (Å²) in [5, 5.41) is 3.38. The average Bonchev–Trinajstić information content (AvgIpc) is 2.44. The Morgan fingerprint density at radius 2 is 1.62 bits per heavy atom. The van der Waals surface area contributed by atoms with Gasteiger partial charge in [0.15, 0.2) is 0 Å². The summed E-state index contributed by atoms with van der Waals surface area (Å²) in [7, 11) is 0. The smallest absolute Gasteiger partial charge is 0.229 e. The highest BCUT2D eigenvalue weighted by Crippen LogP contribution is 2.24. The number of benzene rings is 1. The molecule has 0 saturated carbocycles. The number of anilines is 3. The lowest BCUT2D eigenvalue weighted by atomic mass is 10.1. The van der Waals surface area contributed by atoms with Gasteiger partial charge in [-0.25, -0.2) is 4.98 Å². The standard InChI is InChI=1S/C17H24N4/c1-6-21(7-2)15-11-14(5)18-17(19-15)20-16-12(3)9-8-10-13(16)4/h8-11H,6-7H2,1-5H3,(H,18,19,20). The Bertz CT molecular complexity index is 598. The SMILES string of the molecule is CCN(CC)c1cc(C)nc(Nc2c(C)cccc2C)n1. The second-order valence-corrected chi connectivity index (χ2v) is 5.26. The minimum absolute atomic E-state index is 0.661. The Labute approximate surface area is 127 Å². The van der Waals surface area contributed by atoms with E-state index in [0.29, 0.717) is 5.95 Å². The molecule has 1 aromatic heterocycles. The van der Waals surface area contributed by atoms with E-state index in [0.717, 1.165) is 30.3 Å². The van der Waals surface area contributed by atoms with Crippen molar-refractivity contribution in [3.63, 3.8) is 0 Å². The van der Waals surface area contributed by atoms with Gasteiger partial charge in [-0.3, -0.25) is 0 Å². The van der Waals surface area contributed by atoms with Gasteiger partial charge in [-0.1, -0.05) is 18.2 Å². The van der Waals surface area contributed by atoms with Crippen molar-refractivity contribution in [2.24, 2.45) is 0 Å². The molecule has 1 heterocycles. The van der Waals surface area contributed by atoms with Crippen LogP contribution in [0.5, 0.6) is 0 Å². The summed E-state index contributed by atoms with van der Waals surface area (Å²) in [5.41, 5.74) is 4.46. The first kappa shape index (κ1) is 15.3. The molecule has 0 unspecified atom stereocenters. The van der Waals surface area contributed by atoms with Gasteiger partial charge >= 0.3 is 0 Å². The van der Waals surface area contributed by atoms with Crippen LogP contribution in [-0.2, 0) is 0 Å². The van der Waals surface area contributed by atoms with E-state index in [4.69, 9.17) is 0 Å². The Kier molecular flexibility index (Phi) is 4.78. The van der Waals surface area contributed by atoms with E-state index >= 15 is 0 Å². The molecule has 1 N–H and O–H groups in total. The maximum Gasteiger partial charge on any atom is 0.229 e. The molecule has 1 aromatic carbocycles. The van der Waals surface area contributed by atoms with Gasteiger partial charge in [-0.05, 0) is 45.7 Å². The lowest BCUT2D eigenvalue weighted by molar-refractivity contribution is 0.840. The molecule has 2 aromatic rings. The fourth-order valence-electron chi connectivity index (χ4n) is 2.44. The number of hydrogen-bond acceptors (Lipinski definition) is 4. The second kappa shape index (κ2) is 6.57. The van der Waals surface area contributed by atoms with Gasteiger partial charge in [0.1, 0.15) is 5.82 Å². The summed E-state index contributed by atoms with van der Waals surface area (Å²) in [5.74, 6) is 1.63. The van der Waals surface area contributed by atoms with E-state index in [1.54, 1.807) is 0 Å². The van der Waals surface area contributed by atoms with Crippen molar-refractivity contribution < 1.29 is 0 Å². The monoisotopic (exact) mass is 284 g/mol. The van der Waals surface area contributed by atoms with Gasteiger partial charge in [0.2, 0.25) is 5.95 Å². The molecular weight excluding hydrogens is 260 g/mol. The molecule has 2 rings (SSSR count). The number of aromatic nitrogens is 2. The molecule has 112 valence electrons. The molecule has 0 atom stereocenters. The molecule has 4 heteroatoms. The van der Waals surface area contributed by atoms with E-state index in [1.807, 2.05) is 13.0 Å². The van der Waals surface area contributed by atoms with Gasteiger partial charge in [0.25, 0.3) is 0 Å². The average molecular weight is 284 g/mol. The normalized spacial score (nSPS) is 10.5. The quantitative estimate of drug-likeness (QED) is 0.901. The molecule has 0 aliphatic heterocycles. The summed E-state index contributed by atoms with van der Waals surface area (Å²) in [6.07, 6.45) is 0. The van der Waals surface area contributed by atoms with Crippen molar-refractivity contribution in [3.05, 3.63) is 41.1 Å². The zero-order valence-electron chi connectivity index (χ0n) is 13.6. The Morgan fingerprint density at radius 3 is 2.19 bits per heavy atom. The van der Waals surface area contributed by atoms with Gasteiger partial charge < -0.3 is 10.2 Å². The Morgan fingerprint density at radius 1 is 1.00 bits per heavy atom. The van der Waals surface area contributed by atoms with Crippen LogP contribution in [0.4, 0.5) is 17.5 Å². The van der Waals surface area contributed by atoms with Crippen LogP contribution in [0.2, 0.25) is 0 Å². The number of nitrogens with one attached hydrogen (secondary N) is 1. The fourth-order valence-corrected chi connectivity index (χ4v) is 2.44. The number of para-hydroxylation sites is 1. The molecule has 0 aliphatic rings. The molecule has 0 saturated heterocycles. The van der Waals surface area contributed by atoms with Crippen molar-refractivity contribution >= 4 is 17.5 Å². The van der Waals surface area contributed by atoms with E-state index in [-0.39, 0.29) is 0 Å². The Balaban J connectivity index is 2.36. The molecular formula is C17H24N4. The highest BCUT2D eigenvalue weighted by atomic mass is 15.2. The number of hydrogen-bond donors (Lipinski definition) is 1. The largest absolute Gasteiger partial charge is 0.357 e. The van der Waals surface area contributed by atoms with Crippen molar-refractivity contribution in [1.82, 2.24) is 9.97 Å². The molecule has 0 spiro atoms. The number of rotatable bonds is 5. The van der Waals surface area contributed by atoms with Crippen LogP contribution in [0.25, 0.3) is 0 Å². The van der Waals surface area contributed by atoms with E-state index in [1.165, 1.54) is 11.1 Å².